The number of carbonyl (C=O) groups excluding carboxylic acids is 6. The summed E-state index contributed by atoms with van der Waals surface area (Å²) in [7, 11) is -4.57. The third-order valence-electron chi connectivity index (χ3n) is 14.9. The second-order valence-corrected chi connectivity index (χ2v) is 24.6. The lowest BCUT2D eigenvalue weighted by Crippen LogP contribution is -2.67. The van der Waals surface area contributed by atoms with Crippen molar-refractivity contribution in [3.05, 3.63) is 0 Å². The van der Waals surface area contributed by atoms with Gasteiger partial charge < -0.3 is 67.5 Å². The Kier molecular flexibility index (Phi) is 49.7. The van der Waals surface area contributed by atoms with Gasteiger partial charge in [-0.3, -0.25) is 42.3 Å². The normalized spacial score (nSPS) is 19.5. The predicted molar refractivity (Wildman–Crippen MR) is 344 cm³/mol. The summed E-state index contributed by atoms with van der Waals surface area (Å²) in [6.45, 7) is 27.0. The van der Waals surface area contributed by atoms with Crippen molar-refractivity contribution in [3.63, 3.8) is 0 Å². The fourth-order valence-electron chi connectivity index (χ4n) is 9.02. The van der Waals surface area contributed by atoms with E-state index in [9.17, 15) is 28.8 Å². The molecule has 0 aromatic heterocycles. The van der Waals surface area contributed by atoms with Crippen LogP contribution >= 0.6 is 7.82 Å². The first-order valence-electron chi connectivity index (χ1n) is 34.7. The highest BCUT2D eigenvalue weighted by Gasteiger charge is 2.54. The minimum absolute atomic E-state index is 0.00246. The molecule has 1 fully saturated rings. The SMILES string of the molecule is CCCCOCC1O[C@@H](OCC(O[C@H](OCCC)[C@H](COC(=O)C[C@@H](CC)OCCCC)NC(=O)C[C@@H](CC)OCCCC)[C@H](C)OCCCC)C(NC(=O)C[C@@H](CC)OC(=O)CC)C(OC(=O)C[C@@H](CC)OC(=O)CC)[C@@H]1OP(=O)(OCCCC)OCCCC. The molecule has 2 N–H and O–H groups in total. The Bertz CT molecular complexity index is 1960. The summed E-state index contributed by atoms with van der Waals surface area (Å²) in [6, 6.07) is -2.62. The van der Waals surface area contributed by atoms with Gasteiger partial charge in [-0.05, 0) is 77.6 Å². The Hall–Kier alpha value is -3.39. The second kappa shape index (κ2) is 52.8. The van der Waals surface area contributed by atoms with Crippen molar-refractivity contribution in [2.45, 2.75) is 324 Å². The fourth-order valence-corrected chi connectivity index (χ4v) is 10.5. The molecule has 4 unspecified atom stereocenters. The monoisotopic (exact) mass is 1330 g/mol. The largest absolute Gasteiger partial charge is 0.475 e. The highest BCUT2D eigenvalue weighted by atomic mass is 31.2. The first-order chi connectivity index (χ1) is 43.8. The molecule has 534 valence electrons. The number of hydrogen-bond acceptors (Lipinski definition) is 22. The van der Waals surface area contributed by atoms with Gasteiger partial charge >= 0.3 is 31.7 Å². The van der Waals surface area contributed by atoms with E-state index in [0.717, 1.165) is 38.5 Å². The zero-order valence-electron chi connectivity index (χ0n) is 58.3. The Balaban J connectivity index is 4.39. The van der Waals surface area contributed by atoms with Gasteiger partial charge in [0.25, 0.3) is 0 Å². The highest BCUT2D eigenvalue weighted by molar-refractivity contribution is 7.48. The van der Waals surface area contributed by atoms with Gasteiger partial charge in [0.2, 0.25) is 11.8 Å². The molecule has 0 bridgehead atoms. The molecule has 24 nitrogen and oxygen atoms in total. The number of hydrogen-bond donors (Lipinski definition) is 2. The van der Waals surface area contributed by atoms with Crippen LogP contribution in [0.15, 0.2) is 0 Å². The van der Waals surface area contributed by atoms with E-state index in [2.05, 4.69) is 24.5 Å². The molecule has 1 heterocycles. The molecular formula is C66H123N2O22P. The Morgan fingerprint density at radius 2 is 1.00 bits per heavy atom. The van der Waals surface area contributed by atoms with E-state index < -0.39 is 130 Å². The lowest BCUT2D eigenvalue weighted by Gasteiger charge is -2.46. The third kappa shape index (κ3) is 37.5. The summed E-state index contributed by atoms with van der Waals surface area (Å²) in [5.74, 6) is -3.56. The minimum Gasteiger partial charge on any atom is -0.463 e. The minimum atomic E-state index is -4.57. The molecule has 91 heavy (non-hydrogen) atoms. The molecule has 0 aliphatic carbocycles. The molecule has 0 saturated carbocycles. The van der Waals surface area contributed by atoms with Crippen LogP contribution < -0.4 is 10.6 Å². The average molecular weight is 1330 g/mol. The zero-order valence-corrected chi connectivity index (χ0v) is 59.2. The smallest absolute Gasteiger partial charge is 0.463 e. The van der Waals surface area contributed by atoms with Crippen LogP contribution in [-0.2, 0) is 104 Å². The standard InChI is InChI=1S/C66H123N2O22P/c1-15-28-35-76-46-55-63(90-91(75,83-39-32-19-5)84-40-33-20-6)64(89-61(74)44-52(25-11)86-59(72)27-13)62(68-57(70)42-51(24-10)85-58(71)26-12)66(88-55)82-47-54(48(14)77-36-29-16-2)87-65(80-34-21-7)53(67-56(69)41-49(22-8)78-37-30-17-3)45-81-60(73)43-50(23-9)79-38-31-18-4/h48-55,62-66H,15-47H2,1-14H3,(H,67,69)(H,68,70)/t48-,49+,50+,51+,52+,53-,54?,55?,62?,63+,64?,65-,66+/m0/s1. The summed E-state index contributed by atoms with van der Waals surface area (Å²) in [6.07, 6.45) is -1.57. The number of amides is 2. The lowest BCUT2D eigenvalue weighted by molar-refractivity contribution is -0.289. The summed E-state index contributed by atoms with van der Waals surface area (Å²) in [4.78, 5) is 82.3. The van der Waals surface area contributed by atoms with Crippen molar-refractivity contribution in [1.82, 2.24) is 10.6 Å². The van der Waals surface area contributed by atoms with Crippen molar-refractivity contribution < 1.29 is 104 Å². The topological polar surface area (TPSA) is 282 Å². The van der Waals surface area contributed by atoms with Gasteiger partial charge in [-0.1, -0.05) is 129 Å². The van der Waals surface area contributed by atoms with Crippen molar-refractivity contribution in [1.29, 1.82) is 0 Å². The summed E-state index contributed by atoms with van der Waals surface area (Å²) < 4.78 is 109. The second-order valence-electron chi connectivity index (χ2n) is 23.0. The van der Waals surface area contributed by atoms with Crippen LogP contribution in [0.25, 0.3) is 0 Å². The number of phosphoric ester groups is 1. The molecular weight excluding hydrogens is 1200 g/mol. The van der Waals surface area contributed by atoms with Gasteiger partial charge in [0.1, 0.15) is 49.2 Å². The van der Waals surface area contributed by atoms with Gasteiger partial charge in [-0.2, -0.15) is 0 Å². The van der Waals surface area contributed by atoms with E-state index in [1.165, 1.54) is 0 Å². The van der Waals surface area contributed by atoms with Crippen molar-refractivity contribution in [2.24, 2.45) is 0 Å². The highest BCUT2D eigenvalue weighted by Crippen LogP contribution is 2.53. The average Bonchev–Trinajstić information content (AvgIpc) is 0.797. The maximum absolute atomic E-state index is 15.1. The fraction of sp³-hybridized carbons (Fsp3) is 0.909. The van der Waals surface area contributed by atoms with Gasteiger partial charge in [-0.25, -0.2) is 4.57 Å². The first-order valence-corrected chi connectivity index (χ1v) is 36.1. The van der Waals surface area contributed by atoms with Gasteiger partial charge in [0.15, 0.2) is 18.7 Å². The quantitative estimate of drug-likeness (QED) is 0.0188. The third-order valence-corrected chi connectivity index (χ3v) is 16.4. The maximum atomic E-state index is 15.1. The molecule has 0 spiro atoms. The Morgan fingerprint density at radius 1 is 0.505 bits per heavy atom. The van der Waals surface area contributed by atoms with E-state index in [1.54, 1.807) is 34.6 Å². The van der Waals surface area contributed by atoms with Gasteiger partial charge in [0.05, 0.1) is 70.4 Å². The summed E-state index contributed by atoms with van der Waals surface area (Å²) >= 11 is 0. The van der Waals surface area contributed by atoms with Crippen molar-refractivity contribution in [2.75, 3.05) is 66.1 Å². The van der Waals surface area contributed by atoms with Crippen LogP contribution in [-0.4, -0.2) is 181 Å². The van der Waals surface area contributed by atoms with E-state index >= 15 is 4.57 Å². The molecule has 0 aromatic carbocycles. The van der Waals surface area contributed by atoms with Crippen LogP contribution in [0.4, 0.5) is 0 Å². The van der Waals surface area contributed by atoms with Crippen molar-refractivity contribution >= 4 is 43.5 Å². The number of nitrogens with one attached hydrogen (secondary N) is 2. The molecule has 25 heteroatoms. The zero-order chi connectivity index (χ0) is 67.8. The van der Waals surface area contributed by atoms with Crippen molar-refractivity contribution in [3.8, 4) is 0 Å². The molecule has 2 amide bonds. The predicted octanol–water partition coefficient (Wildman–Crippen LogP) is 11.7. The summed E-state index contributed by atoms with van der Waals surface area (Å²) in [5, 5.41) is 6.01. The molecule has 1 aliphatic heterocycles. The van der Waals surface area contributed by atoms with Crippen LogP contribution in [0.1, 0.15) is 245 Å². The number of unbranched alkanes of at least 4 members (excludes halogenated alkanes) is 6. The number of rotatable bonds is 58. The molecule has 13 atom stereocenters. The summed E-state index contributed by atoms with van der Waals surface area (Å²) in [5.41, 5.74) is 0. The number of carbonyl (C=O) groups is 6. The molecule has 1 aliphatic rings. The van der Waals surface area contributed by atoms with Crippen LogP contribution in [0.2, 0.25) is 0 Å². The van der Waals surface area contributed by atoms with Gasteiger partial charge in [0, 0.05) is 45.9 Å². The van der Waals surface area contributed by atoms with E-state index in [0.29, 0.717) is 77.6 Å². The Morgan fingerprint density at radius 3 is 1.53 bits per heavy atom. The van der Waals surface area contributed by atoms with E-state index in [1.807, 2.05) is 48.5 Å². The maximum Gasteiger partial charge on any atom is 0.475 e. The number of esters is 4. The van der Waals surface area contributed by atoms with E-state index in [4.69, 9.17) is 70.4 Å². The lowest BCUT2D eigenvalue weighted by atomic mass is 9.96. The molecule has 0 aromatic rings. The van der Waals surface area contributed by atoms with Crippen LogP contribution in [0, 0.1) is 0 Å². The van der Waals surface area contributed by atoms with Crippen LogP contribution in [0.3, 0.4) is 0 Å². The van der Waals surface area contributed by atoms with Gasteiger partial charge in [-0.15, -0.1) is 0 Å². The first kappa shape index (κ1) is 85.6. The molecule has 1 rings (SSSR count). The molecule has 1 saturated heterocycles. The van der Waals surface area contributed by atoms with E-state index in [-0.39, 0.29) is 90.7 Å². The number of phosphoric acid groups is 1. The Labute approximate surface area is 546 Å². The van der Waals surface area contributed by atoms with Crippen LogP contribution in [0.5, 0.6) is 0 Å². The molecule has 0 radical (unpaired) electrons. The number of ether oxygens (including phenoxy) is 12.